The van der Waals surface area contributed by atoms with Gasteiger partial charge in [0.25, 0.3) is 5.69 Å². The maximum atomic E-state index is 10.7. The molecule has 0 saturated carbocycles. The highest BCUT2D eigenvalue weighted by atomic mass is 16.7. The summed E-state index contributed by atoms with van der Waals surface area (Å²) in [5.74, 6) is 1.89. The lowest BCUT2D eigenvalue weighted by atomic mass is 10.2. The van der Waals surface area contributed by atoms with Crippen molar-refractivity contribution < 1.29 is 14.4 Å². The van der Waals surface area contributed by atoms with E-state index in [2.05, 4.69) is 20.1 Å². The van der Waals surface area contributed by atoms with Crippen molar-refractivity contribution >= 4 is 17.7 Å². The van der Waals surface area contributed by atoms with Crippen LogP contribution >= 0.6 is 0 Å². The number of nitrogens with one attached hydrogen (secondary N) is 1. The monoisotopic (exact) mass is 379 g/mol. The second-order valence-electron chi connectivity index (χ2n) is 6.23. The highest BCUT2D eigenvalue weighted by molar-refractivity contribution is 5.82. The molecule has 28 heavy (non-hydrogen) atoms. The Kier molecular flexibility index (Phi) is 4.40. The summed E-state index contributed by atoms with van der Waals surface area (Å²) >= 11 is 0. The number of rotatable bonds is 5. The lowest BCUT2D eigenvalue weighted by Crippen LogP contribution is -2.00. The first-order valence-electron chi connectivity index (χ1n) is 8.51. The van der Waals surface area contributed by atoms with Gasteiger partial charge in [-0.25, -0.2) is 4.98 Å². The van der Waals surface area contributed by atoms with E-state index in [-0.39, 0.29) is 12.5 Å². The van der Waals surface area contributed by atoms with Crippen LogP contribution < -0.4 is 14.9 Å². The summed E-state index contributed by atoms with van der Waals surface area (Å²) in [6.45, 7) is 4.26. The Morgan fingerprint density at radius 1 is 1.21 bits per heavy atom. The zero-order valence-corrected chi connectivity index (χ0v) is 15.2. The number of aromatic nitrogens is 2. The zero-order chi connectivity index (χ0) is 19.7. The van der Waals surface area contributed by atoms with Crippen molar-refractivity contribution in [2.24, 2.45) is 5.10 Å². The third kappa shape index (κ3) is 3.25. The number of hydrazone groups is 1. The van der Waals surface area contributed by atoms with Crippen molar-refractivity contribution in [1.82, 2.24) is 9.55 Å². The SMILES string of the molecule is Cc1cc(C=NNc2ccc([N+](=O)[O-])cn2)c(C)n1-c1ccc2c(c1)OCO2. The lowest BCUT2D eigenvalue weighted by molar-refractivity contribution is -0.385. The van der Waals surface area contributed by atoms with Gasteiger partial charge in [0.15, 0.2) is 11.5 Å². The molecule has 0 bridgehead atoms. The summed E-state index contributed by atoms with van der Waals surface area (Å²) in [6, 6.07) is 10.7. The number of anilines is 1. The van der Waals surface area contributed by atoms with Gasteiger partial charge >= 0.3 is 0 Å². The Balaban J connectivity index is 1.54. The molecule has 0 saturated heterocycles. The minimum absolute atomic E-state index is 0.0678. The van der Waals surface area contributed by atoms with E-state index in [9.17, 15) is 10.1 Å². The van der Waals surface area contributed by atoms with Crippen LogP contribution in [-0.2, 0) is 0 Å². The van der Waals surface area contributed by atoms with Gasteiger partial charge in [0, 0.05) is 34.8 Å². The first-order chi connectivity index (χ1) is 13.5. The largest absolute Gasteiger partial charge is 0.454 e. The topological polar surface area (TPSA) is 104 Å². The smallest absolute Gasteiger partial charge is 0.287 e. The molecular formula is C19H17N5O4. The molecule has 3 aromatic rings. The highest BCUT2D eigenvalue weighted by Crippen LogP contribution is 2.34. The second kappa shape index (κ2) is 7.03. The minimum Gasteiger partial charge on any atom is -0.454 e. The molecule has 2 aromatic heterocycles. The fourth-order valence-electron chi connectivity index (χ4n) is 3.07. The van der Waals surface area contributed by atoms with Gasteiger partial charge in [0.2, 0.25) is 6.79 Å². The van der Waals surface area contributed by atoms with Gasteiger partial charge in [0.1, 0.15) is 12.0 Å². The normalized spacial score (nSPS) is 12.5. The molecule has 1 aliphatic heterocycles. The number of hydrogen-bond acceptors (Lipinski definition) is 7. The van der Waals surface area contributed by atoms with Crippen molar-refractivity contribution in [1.29, 1.82) is 0 Å². The van der Waals surface area contributed by atoms with Gasteiger partial charge in [-0.15, -0.1) is 0 Å². The van der Waals surface area contributed by atoms with Crippen LogP contribution in [0.4, 0.5) is 11.5 Å². The molecule has 4 rings (SSSR count). The molecule has 0 atom stereocenters. The summed E-state index contributed by atoms with van der Waals surface area (Å²) in [5, 5.41) is 14.8. The van der Waals surface area contributed by atoms with Crippen LogP contribution in [0.5, 0.6) is 11.5 Å². The molecule has 0 aliphatic carbocycles. The van der Waals surface area contributed by atoms with Crippen molar-refractivity contribution in [3.63, 3.8) is 0 Å². The summed E-state index contributed by atoms with van der Waals surface area (Å²) in [7, 11) is 0. The predicted octanol–water partition coefficient (Wildman–Crippen LogP) is 3.57. The molecule has 0 radical (unpaired) electrons. The quantitative estimate of drug-likeness (QED) is 0.413. The van der Waals surface area contributed by atoms with E-state index >= 15 is 0 Å². The van der Waals surface area contributed by atoms with Crippen molar-refractivity contribution in [3.8, 4) is 17.2 Å². The molecule has 142 valence electrons. The number of nitrogens with zero attached hydrogens (tertiary/aromatic N) is 4. The Bertz CT molecular complexity index is 1070. The van der Waals surface area contributed by atoms with Gasteiger partial charge < -0.3 is 14.0 Å². The zero-order valence-electron chi connectivity index (χ0n) is 15.2. The highest BCUT2D eigenvalue weighted by Gasteiger charge is 2.16. The lowest BCUT2D eigenvalue weighted by Gasteiger charge is -2.10. The van der Waals surface area contributed by atoms with E-state index < -0.39 is 4.92 Å². The average Bonchev–Trinajstić information content (AvgIpc) is 3.26. The Labute approximate surface area is 160 Å². The molecule has 3 heterocycles. The van der Waals surface area contributed by atoms with E-state index in [0.29, 0.717) is 5.82 Å². The molecule has 9 nitrogen and oxygen atoms in total. The van der Waals surface area contributed by atoms with Crippen LogP contribution in [0.2, 0.25) is 0 Å². The molecule has 1 aliphatic rings. The third-order valence-corrected chi connectivity index (χ3v) is 4.43. The van der Waals surface area contributed by atoms with Gasteiger partial charge in [-0.1, -0.05) is 0 Å². The van der Waals surface area contributed by atoms with Gasteiger partial charge in [0.05, 0.1) is 11.1 Å². The van der Waals surface area contributed by atoms with Crippen molar-refractivity contribution in [2.75, 3.05) is 12.2 Å². The fourth-order valence-corrected chi connectivity index (χ4v) is 3.07. The van der Waals surface area contributed by atoms with E-state index in [1.54, 1.807) is 6.21 Å². The number of benzene rings is 1. The maximum Gasteiger partial charge on any atom is 0.287 e. The first-order valence-corrected chi connectivity index (χ1v) is 8.51. The Morgan fingerprint density at radius 3 is 2.79 bits per heavy atom. The molecular weight excluding hydrogens is 362 g/mol. The van der Waals surface area contributed by atoms with Crippen LogP contribution in [0, 0.1) is 24.0 Å². The molecule has 0 unspecified atom stereocenters. The molecule has 0 spiro atoms. The molecule has 9 heteroatoms. The van der Waals surface area contributed by atoms with Crippen LogP contribution in [0.25, 0.3) is 5.69 Å². The Morgan fingerprint density at radius 2 is 2.04 bits per heavy atom. The van der Waals surface area contributed by atoms with E-state index in [0.717, 1.165) is 34.1 Å². The summed E-state index contributed by atoms with van der Waals surface area (Å²) in [5.41, 5.74) is 6.68. The molecule has 1 aromatic carbocycles. The van der Waals surface area contributed by atoms with Crippen LogP contribution in [0.15, 0.2) is 47.7 Å². The molecule has 1 N–H and O–H groups in total. The molecule has 0 amide bonds. The number of pyridine rings is 1. The molecule has 0 fully saturated rings. The average molecular weight is 379 g/mol. The van der Waals surface area contributed by atoms with E-state index in [4.69, 9.17) is 9.47 Å². The third-order valence-electron chi connectivity index (χ3n) is 4.43. The first kappa shape index (κ1) is 17.5. The van der Waals surface area contributed by atoms with Gasteiger partial charge in [-0.05, 0) is 38.1 Å². The standard InChI is InChI=1S/C19H17N5O4/c1-12-7-14(9-21-22-19-6-4-16(10-20-19)24(25)26)13(2)23(12)15-3-5-17-18(8-15)28-11-27-17/h3-10H,11H2,1-2H3,(H,20,22). The second-order valence-corrected chi connectivity index (χ2v) is 6.23. The predicted molar refractivity (Wildman–Crippen MR) is 103 cm³/mol. The number of hydrogen-bond donors (Lipinski definition) is 1. The summed E-state index contributed by atoms with van der Waals surface area (Å²) in [4.78, 5) is 14.1. The van der Waals surface area contributed by atoms with Gasteiger partial charge in [-0.2, -0.15) is 5.10 Å². The van der Waals surface area contributed by atoms with E-state index in [1.165, 1.54) is 18.3 Å². The van der Waals surface area contributed by atoms with Gasteiger partial charge in [-0.3, -0.25) is 15.5 Å². The minimum atomic E-state index is -0.495. The summed E-state index contributed by atoms with van der Waals surface area (Å²) < 4.78 is 12.9. The van der Waals surface area contributed by atoms with Crippen LogP contribution in [0.3, 0.4) is 0 Å². The van der Waals surface area contributed by atoms with Crippen molar-refractivity contribution in [2.45, 2.75) is 13.8 Å². The van der Waals surface area contributed by atoms with Crippen LogP contribution in [0.1, 0.15) is 17.0 Å². The van der Waals surface area contributed by atoms with Crippen LogP contribution in [-0.4, -0.2) is 27.5 Å². The Hall–Kier alpha value is -3.88. The number of aryl methyl sites for hydroxylation is 1. The maximum absolute atomic E-state index is 10.7. The summed E-state index contributed by atoms with van der Waals surface area (Å²) in [6.07, 6.45) is 2.87. The number of ether oxygens (including phenoxy) is 2. The fraction of sp³-hybridized carbons (Fsp3) is 0.158. The van der Waals surface area contributed by atoms with Crippen molar-refractivity contribution in [3.05, 3.63) is 69.7 Å². The number of fused-ring (bicyclic) bond motifs is 1. The number of nitro groups is 1. The van der Waals surface area contributed by atoms with E-state index in [1.807, 2.05) is 38.1 Å².